The maximum atomic E-state index is 11.9. The van der Waals surface area contributed by atoms with Crippen LogP contribution in [0.5, 0.6) is 5.75 Å². The molecule has 0 radical (unpaired) electrons. The Morgan fingerprint density at radius 1 is 0.896 bits per heavy atom. The summed E-state index contributed by atoms with van der Waals surface area (Å²) in [4.78, 5) is 25.3. The summed E-state index contributed by atoms with van der Waals surface area (Å²) in [6.45, 7) is 4.45. The topological polar surface area (TPSA) is 112 Å². The summed E-state index contributed by atoms with van der Waals surface area (Å²) in [7, 11) is 0. The third-order valence-electron chi connectivity index (χ3n) is 9.76. The van der Waals surface area contributed by atoms with E-state index < -0.39 is 5.97 Å². The van der Waals surface area contributed by atoms with Crippen molar-refractivity contribution in [1.29, 1.82) is 0 Å². The van der Waals surface area contributed by atoms with Gasteiger partial charge in [-0.1, -0.05) is 24.3 Å². The van der Waals surface area contributed by atoms with E-state index in [4.69, 9.17) is 4.42 Å². The molecule has 0 saturated carbocycles. The number of piperidine rings is 2. The molecule has 3 aromatic rings. The van der Waals surface area contributed by atoms with Gasteiger partial charge in [0.2, 0.25) is 5.36 Å². The summed E-state index contributed by atoms with van der Waals surface area (Å²) >= 11 is 0. The van der Waals surface area contributed by atoms with Crippen LogP contribution in [0, 0.1) is 4.91 Å². The van der Waals surface area contributed by atoms with Crippen molar-refractivity contribution in [3.8, 4) is 28.2 Å². The normalized spacial score (nSPS) is 15.2. The molecule has 4 aliphatic rings. The number of carboxylic acid groups (broad SMARTS) is 1. The Kier molecular flexibility index (Phi) is 9.09. The molecule has 3 aliphatic heterocycles. The molecule has 0 bridgehead atoms. The van der Waals surface area contributed by atoms with Gasteiger partial charge in [0.25, 0.3) is 0 Å². The van der Waals surface area contributed by atoms with E-state index in [0.29, 0.717) is 11.3 Å². The first-order chi connectivity index (χ1) is 23.5. The number of anilines is 2. The van der Waals surface area contributed by atoms with E-state index in [9.17, 15) is 19.9 Å². The third kappa shape index (κ3) is 6.63. The highest BCUT2D eigenvalue weighted by Gasteiger charge is 2.21. The number of aliphatic carboxylic acids is 1. The number of carbonyl (C=O) groups excluding carboxylic acids is 1. The van der Waals surface area contributed by atoms with Crippen LogP contribution in [0.3, 0.4) is 0 Å². The van der Waals surface area contributed by atoms with Gasteiger partial charge in [-0.2, -0.15) is 0 Å². The zero-order valence-corrected chi connectivity index (χ0v) is 27.1. The summed E-state index contributed by atoms with van der Waals surface area (Å²) in [5.41, 5.74) is 7.01. The summed E-state index contributed by atoms with van der Waals surface area (Å²) in [6.07, 6.45) is 7.23. The molecule has 0 atom stereocenters. The first kappa shape index (κ1) is 31.4. The van der Waals surface area contributed by atoms with Gasteiger partial charge in [-0.3, -0.25) is 0 Å². The van der Waals surface area contributed by atoms with Crippen LogP contribution in [-0.2, 0) is 17.8 Å². The Morgan fingerprint density at radius 3 is 2.42 bits per heavy atom. The van der Waals surface area contributed by atoms with E-state index in [0.717, 1.165) is 65.2 Å². The molecule has 246 valence electrons. The van der Waals surface area contributed by atoms with Crippen molar-refractivity contribution in [3.63, 3.8) is 0 Å². The number of aryl methyl sites for hydroxylation is 1. The van der Waals surface area contributed by atoms with Gasteiger partial charge in [-0.05, 0) is 91.6 Å². The van der Waals surface area contributed by atoms with Gasteiger partial charge in [0.1, 0.15) is 30.2 Å². The van der Waals surface area contributed by atoms with Crippen LogP contribution < -0.4 is 24.9 Å². The van der Waals surface area contributed by atoms with Crippen molar-refractivity contribution in [2.75, 3.05) is 36.1 Å². The molecule has 0 spiro atoms. The Hall–Kier alpha value is -5.18. The lowest BCUT2D eigenvalue weighted by Gasteiger charge is -2.29. The van der Waals surface area contributed by atoms with Crippen molar-refractivity contribution in [3.05, 3.63) is 100 Å². The maximum absolute atomic E-state index is 11.9. The average Bonchev–Trinajstić information content (AvgIpc) is 3.13. The molecular weight excluding hydrogens is 604 g/mol. The molecule has 0 unspecified atom stereocenters. The molecule has 2 saturated heterocycles. The van der Waals surface area contributed by atoms with Gasteiger partial charge in [0, 0.05) is 66.2 Å². The molecule has 9 nitrogen and oxygen atoms in total. The van der Waals surface area contributed by atoms with Crippen molar-refractivity contribution in [2.24, 2.45) is 5.29 Å². The quantitative estimate of drug-likeness (QED) is 0.0877. The second-order valence-corrected chi connectivity index (χ2v) is 13.0. The van der Waals surface area contributed by atoms with Crippen LogP contribution >= 0.6 is 0 Å². The molecule has 1 N–H and O–H groups in total. The lowest BCUT2D eigenvalue weighted by atomic mass is 9.93. The second kappa shape index (κ2) is 13.9. The van der Waals surface area contributed by atoms with Gasteiger partial charge >= 0.3 is 0 Å². The van der Waals surface area contributed by atoms with E-state index >= 15 is 0 Å². The van der Waals surface area contributed by atoms with E-state index in [1.165, 1.54) is 60.6 Å². The number of phenols is 1. The van der Waals surface area contributed by atoms with Crippen LogP contribution in [0.15, 0.2) is 88.6 Å². The summed E-state index contributed by atoms with van der Waals surface area (Å²) in [6, 6.07) is 26.0. The monoisotopic (exact) mass is 644 g/mol. The smallest absolute Gasteiger partial charge is 0.203 e. The van der Waals surface area contributed by atoms with Gasteiger partial charge in [-0.25, -0.2) is 9.58 Å². The number of phenolic OH excluding ortho intramolecular Hbond substituents is 1. The van der Waals surface area contributed by atoms with E-state index in [1.54, 1.807) is 12.1 Å². The van der Waals surface area contributed by atoms with E-state index in [-0.39, 0.29) is 25.1 Å². The highest BCUT2D eigenvalue weighted by molar-refractivity contribution is 6.02. The number of hydrogen-bond donors (Lipinski definition) is 1. The van der Waals surface area contributed by atoms with Crippen LogP contribution in [0.25, 0.3) is 33.4 Å². The Labute approximate surface area is 279 Å². The standard InChI is InChI=1S/C39H40N4O5/c44-35-17-14-32(23-29(35)11-18-38(45)46)43(40-47)26-27-7-9-28(10-8-27)39-33-15-12-30(41-19-3-1-4-20-41)24-36(33)48-37-25-31(13-16-34(37)39)42-21-5-2-6-22-42/h7-10,12-17,23-25H,1-6,11,18-22,26H2,(H-,44,45,46). The van der Waals surface area contributed by atoms with Crippen molar-refractivity contribution in [1.82, 2.24) is 4.58 Å². The lowest BCUT2D eigenvalue weighted by Crippen LogP contribution is -2.34. The molecule has 0 aromatic heterocycles. The van der Waals surface area contributed by atoms with Crippen LogP contribution in [0.4, 0.5) is 11.4 Å². The van der Waals surface area contributed by atoms with Gasteiger partial charge < -0.3 is 24.3 Å². The Balaban J connectivity index is 1.25. The average molecular weight is 645 g/mol. The summed E-state index contributed by atoms with van der Waals surface area (Å²) in [5, 5.41) is 27.9. The first-order valence-electron chi connectivity index (χ1n) is 17.0. The van der Waals surface area contributed by atoms with Crippen LogP contribution in [0.1, 0.15) is 56.1 Å². The molecule has 7 rings (SSSR count). The number of fused-ring (bicyclic) bond motifs is 2. The minimum atomic E-state index is -1.21. The van der Waals surface area contributed by atoms with Gasteiger partial charge in [-0.15, -0.1) is 4.91 Å². The maximum Gasteiger partial charge on any atom is 0.203 e. The first-order valence-corrected chi connectivity index (χ1v) is 17.0. The van der Waals surface area contributed by atoms with Crippen molar-refractivity contribution in [2.45, 2.75) is 57.9 Å². The molecule has 0 amide bonds. The SMILES string of the molecule is O=NN(Cc1ccc(-c2c3ccc(=[N+]4CCCCC4)cc-3oc3cc(N4CCCCC4)ccc23)cc1)c1ccc(O)c(CCC(=O)[O-])c1. The summed E-state index contributed by atoms with van der Waals surface area (Å²) < 4.78 is 9.15. The number of aromatic hydroxyl groups is 1. The highest BCUT2D eigenvalue weighted by atomic mass is 16.4. The molecule has 3 heterocycles. The zero-order chi connectivity index (χ0) is 33.0. The van der Waals surface area contributed by atoms with Crippen molar-refractivity contribution < 1.29 is 19.4 Å². The highest BCUT2D eigenvalue weighted by Crippen LogP contribution is 2.41. The number of rotatable bonds is 9. The Bertz CT molecular complexity index is 1990. The van der Waals surface area contributed by atoms with Crippen LogP contribution in [0.2, 0.25) is 0 Å². The fraction of sp³-hybridized carbons (Fsp3) is 0.333. The molecule has 9 heteroatoms. The number of carbonyl (C=O) groups is 1. The fourth-order valence-corrected chi connectivity index (χ4v) is 7.16. The second-order valence-electron chi connectivity index (χ2n) is 13.0. The summed E-state index contributed by atoms with van der Waals surface area (Å²) in [5.74, 6) is -0.378. The fourth-order valence-electron chi connectivity index (χ4n) is 7.16. The number of nitroso groups, excluding NO2 is 1. The zero-order valence-electron chi connectivity index (χ0n) is 27.1. The van der Waals surface area contributed by atoms with Gasteiger partial charge in [0.05, 0.1) is 23.6 Å². The number of benzene rings is 4. The predicted molar refractivity (Wildman–Crippen MR) is 187 cm³/mol. The van der Waals surface area contributed by atoms with E-state index in [1.807, 2.05) is 12.1 Å². The largest absolute Gasteiger partial charge is 0.550 e. The minimum absolute atomic E-state index is 0.0321. The lowest BCUT2D eigenvalue weighted by molar-refractivity contribution is -0.305. The Morgan fingerprint density at radius 2 is 1.67 bits per heavy atom. The molecule has 48 heavy (non-hydrogen) atoms. The molecule has 1 aliphatic carbocycles. The molecule has 2 fully saturated rings. The number of nitrogens with zero attached hydrogens (tertiary/aromatic N) is 4. The molecule has 3 aromatic carbocycles. The van der Waals surface area contributed by atoms with Crippen LogP contribution in [-0.4, -0.2) is 37.3 Å². The van der Waals surface area contributed by atoms with Gasteiger partial charge in [0.15, 0.2) is 0 Å². The van der Waals surface area contributed by atoms with E-state index in [2.05, 4.69) is 63.3 Å². The number of hydrogen-bond acceptors (Lipinski definition) is 7. The predicted octanol–water partition coefficient (Wildman–Crippen LogP) is 6.23. The number of carboxylic acids is 1. The third-order valence-corrected chi connectivity index (χ3v) is 9.76. The minimum Gasteiger partial charge on any atom is -0.550 e. The van der Waals surface area contributed by atoms with Crippen molar-refractivity contribution >= 4 is 28.3 Å². The molecular formula is C39H40N4O5.